The van der Waals surface area contributed by atoms with E-state index >= 15 is 0 Å². The van der Waals surface area contributed by atoms with E-state index in [2.05, 4.69) is 10.3 Å². The second-order valence-corrected chi connectivity index (χ2v) is 6.34. The number of hydrogen-bond donors (Lipinski definition) is 2. The molecule has 0 aliphatic heterocycles. The maximum absolute atomic E-state index is 12.4. The predicted octanol–water partition coefficient (Wildman–Crippen LogP) is 1.18. The van der Waals surface area contributed by atoms with Crippen LogP contribution in [0.2, 0.25) is 0 Å². The van der Waals surface area contributed by atoms with Crippen LogP contribution in [0.4, 0.5) is 5.69 Å². The minimum absolute atomic E-state index is 0.0189. The third-order valence-corrected chi connectivity index (χ3v) is 4.32. The lowest BCUT2D eigenvalue weighted by atomic mass is 10.2. The van der Waals surface area contributed by atoms with E-state index in [9.17, 15) is 19.2 Å². The standard InChI is InChI=1S/C20H20N4O4/c1-23(13-17(25)21-14-7-3-2-4-8-14)18(26)11-12-24-16-10-6-5-9-15(16)19(27)22-20(24)28/h2-10H,11-13H2,1H3,(H,21,25)(H,22,27,28). The van der Waals surface area contributed by atoms with Crippen molar-refractivity contribution in [1.82, 2.24) is 14.5 Å². The lowest BCUT2D eigenvalue weighted by Crippen LogP contribution is -2.36. The van der Waals surface area contributed by atoms with E-state index in [-0.39, 0.29) is 31.3 Å². The second-order valence-electron chi connectivity index (χ2n) is 6.34. The monoisotopic (exact) mass is 380 g/mol. The Bertz CT molecular complexity index is 1120. The number of amides is 2. The van der Waals surface area contributed by atoms with Crippen LogP contribution in [0, 0.1) is 0 Å². The van der Waals surface area contributed by atoms with Crippen LogP contribution in [-0.2, 0) is 16.1 Å². The van der Waals surface area contributed by atoms with Gasteiger partial charge in [-0.15, -0.1) is 0 Å². The fraction of sp³-hybridized carbons (Fsp3) is 0.200. The lowest BCUT2D eigenvalue weighted by Gasteiger charge is -2.17. The molecule has 144 valence electrons. The van der Waals surface area contributed by atoms with Gasteiger partial charge in [0, 0.05) is 25.7 Å². The molecular formula is C20H20N4O4. The summed E-state index contributed by atoms with van der Waals surface area (Å²) in [6.07, 6.45) is 0.0189. The normalized spacial score (nSPS) is 10.6. The van der Waals surface area contributed by atoms with Crippen LogP contribution >= 0.6 is 0 Å². The molecule has 0 saturated heterocycles. The number of nitrogens with zero attached hydrogens (tertiary/aromatic N) is 2. The topological polar surface area (TPSA) is 104 Å². The molecule has 0 radical (unpaired) electrons. The molecule has 0 bridgehead atoms. The zero-order valence-electron chi connectivity index (χ0n) is 15.3. The van der Waals surface area contributed by atoms with Gasteiger partial charge < -0.3 is 10.2 Å². The fourth-order valence-corrected chi connectivity index (χ4v) is 2.89. The molecule has 8 nitrogen and oxygen atoms in total. The summed E-state index contributed by atoms with van der Waals surface area (Å²) in [5.74, 6) is -0.598. The maximum Gasteiger partial charge on any atom is 0.328 e. The Morgan fingerprint density at radius 3 is 2.46 bits per heavy atom. The van der Waals surface area contributed by atoms with E-state index in [1.54, 1.807) is 48.5 Å². The van der Waals surface area contributed by atoms with Gasteiger partial charge in [-0.05, 0) is 24.3 Å². The second kappa shape index (κ2) is 8.34. The molecule has 0 spiro atoms. The van der Waals surface area contributed by atoms with E-state index < -0.39 is 11.2 Å². The summed E-state index contributed by atoms with van der Waals surface area (Å²) in [5.41, 5.74) is 0.0898. The van der Waals surface area contributed by atoms with Gasteiger partial charge in [-0.2, -0.15) is 0 Å². The molecule has 1 aromatic heterocycles. The van der Waals surface area contributed by atoms with Crippen molar-refractivity contribution >= 4 is 28.4 Å². The van der Waals surface area contributed by atoms with Gasteiger partial charge in [0.1, 0.15) is 0 Å². The molecule has 3 rings (SSSR count). The van der Waals surface area contributed by atoms with Crippen LogP contribution in [0.3, 0.4) is 0 Å². The largest absolute Gasteiger partial charge is 0.336 e. The summed E-state index contributed by atoms with van der Waals surface area (Å²) in [6.45, 7) is -0.00536. The molecule has 1 heterocycles. The van der Waals surface area contributed by atoms with Crippen molar-refractivity contribution in [1.29, 1.82) is 0 Å². The summed E-state index contributed by atoms with van der Waals surface area (Å²) >= 11 is 0. The number of hydrogen-bond acceptors (Lipinski definition) is 4. The number of benzene rings is 2. The summed E-state index contributed by atoms with van der Waals surface area (Å²) in [7, 11) is 1.53. The molecule has 0 atom stereocenters. The minimum Gasteiger partial charge on any atom is -0.336 e. The Morgan fingerprint density at radius 2 is 1.71 bits per heavy atom. The Morgan fingerprint density at radius 1 is 1.04 bits per heavy atom. The first kappa shape index (κ1) is 19.1. The van der Waals surface area contributed by atoms with Gasteiger partial charge in [-0.1, -0.05) is 30.3 Å². The van der Waals surface area contributed by atoms with Crippen LogP contribution in [-0.4, -0.2) is 39.9 Å². The van der Waals surface area contributed by atoms with E-state index in [4.69, 9.17) is 0 Å². The first-order valence-electron chi connectivity index (χ1n) is 8.76. The van der Waals surface area contributed by atoms with E-state index in [0.717, 1.165) is 0 Å². The molecule has 2 aromatic carbocycles. The molecule has 0 saturated carbocycles. The summed E-state index contributed by atoms with van der Waals surface area (Å²) in [6, 6.07) is 15.7. The Kier molecular flexibility index (Phi) is 5.69. The highest BCUT2D eigenvalue weighted by Crippen LogP contribution is 2.08. The highest BCUT2D eigenvalue weighted by Gasteiger charge is 2.14. The third kappa shape index (κ3) is 4.35. The Hall–Kier alpha value is -3.68. The number of fused-ring (bicyclic) bond motifs is 1. The number of nitrogens with one attached hydrogen (secondary N) is 2. The number of aryl methyl sites for hydroxylation is 1. The zero-order valence-corrected chi connectivity index (χ0v) is 15.3. The predicted molar refractivity (Wildman–Crippen MR) is 106 cm³/mol. The zero-order chi connectivity index (χ0) is 20.1. The smallest absolute Gasteiger partial charge is 0.328 e. The third-order valence-electron chi connectivity index (χ3n) is 4.32. The summed E-state index contributed by atoms with van der Waals surface area (Å²) < 4.78 is 1.35. The van der Waals surface area contributed by atoms with Crippen molar-refractivity contribution in [3.05, 3.63) is 75.4 Å². The maximum atomic E-state index is 12.4. The van der Waals surface area contributed by atoms with Crippen LogP contribution in [0.15, 0.2) is 64.2 Å². The molecule has 8 heteroatoms. The number of carbonyl (C=O) groups excluding carboxylic acids is 2. The average Bonchev–Trinajstić information content (AvgIpc) is 2.68. The number of aromatic amines is 1. The highest BCUT2D eigenvalue weighted by molar-refractivity contribution is 5.94. The number of H-pyrrole nitrogens is 1. The molecule has 28 heavy (non-hydrogen) atoms. The van der Waals surface area contributed by atoms with Crippen LogP contribution < -0.4 is 16.6 Å². The van der Waals surface area contributed by atoms with Gasteiger partial charge in [-0.25, -0.2) is 4.79 Å². The van der Waals surface area contributed by atoms with Crippen LogP contribution in [0.25, 0.3) is 10.9 Å². The Balaban J connectivity index is 1.64. The number of rotatable bonds is 6. The van der Waals surface area contributed by atoms with Crippen molar-refractivity contribution in [2.45, 2.75) is 13.0 Å². The molecule has 2 amide bonds. The van der Waals surface area contributed by atoms with Gasteiger partial charge >= 0.3 is 5.69 Å². The van der Waals surface area contributed by atoms with E-state index in [1.165, 1.54) is 16.5 Å². The van der Waals surface area contributed by atoms with Crippen molar-refractivity contribution in [3.8, 4) is 0 Å². The molecule has 2 N–H and O–H groups in total. The summed E-state index contributed by atoms with van der Waals surface area (Å²) in [5, 5.41) is 3.09. The number of likely N-dealkylation sites (N-methyl/N-ethyl adjacent to an activating group) is 1. The number of para-hydroxylation sites is 2. The van der Waals surface area contributed by atoms with E-state index in [1.807, 2.05) is 6.07 Å². The number of aromatic nitrogens is 2. The minimum atomic E-state index is -0.569. The van der Waals surface area contributed by atoms with Crippen molar-refractivity contribution in [2.24, 2.45) is 0 Å². The van der Waals surface area contributed by atoms with Gasteiger partial charge in [0.25, 0.3) is 5.56 Å². The fourth-order valence-electron chi connectivity index (χ4n) is 2.89. The molecule has 0 aliphatic carbocycles. The Labute approximate surface area is 160 Å². The first-order valence-corrected chi connectivity index (χ1v) is 8.76. The lowest BCUT2D eigenvalue weighted by molar-refractivity contribution is -0.133. The first-order chi connectivity index (χ1) is 13.5. The summed E-state index contributed by atoms with van der Waals surface area (Å²) in [4.78, 5) is 52.0. The molecule has 0 aliphatic rings. The molecule has 0 fully saturated rings. The van der Waals surface area contributed by atoms with Gasteiger partial charge in [-0.3, -0.25) is 23.9 Å². The SMILES string of the molecule is CN(CC(=O)Nc1ccccc1)C(=O)CCn1c(=O)[nH]c(=O)c2ccccc21. The van der Waals surface area contributed by atoms with Gasteiger partial charge in [0.2, 0.25) is 11.8 Å². The number of carbonyl (C=O) groups is 2. The average molecular weight is 380 g/mol. The highest BCUT2D eigenvalue weighted by atomic mass is 16.2. The molecular weight excluding hydrogens is 360 g/mol. The van der Waals surface area contributed by atoms with Crippen molar-refractivity contribution in [2.75, 3.05) is 18.9 Å². The number of anilines is 1. The van der Waals surface area contributed by atoms with Gasteiger partial charge in [0.15, 0.2) is 0 Å². The molecule has 3 aromatic rings. The van der Waals surface area contributed by atoms with E-state index in [0.29, 0.717) is 16.6 Å². The quantitative estimate of drug-likeness (QED) is 0.670. The van der Waals surface area contributed by atoms with Crippen molar-refractivity contribution < 1.29 is 9.59 Å². The van der Waals surface area contributed by atoms with Crippen LogP contribution in [0.5, 0.6) is 0 Å². The van der Waals surface area contributed by atoms with Gasteiger partial charge in [0.05, 0.1) is 17.4 Å². The molecule has 0 unspecified atom stereocenters. The van der Waals surface area contributed by atoms with Crippen molar-refractivity contribution in [3.63, 3.8) is 0 Å². The van der Waals surface area contributed by atoms with Crippen LogP contribution in [0.1, 0.15) is 6.42 Å².